The smallest absolute Gasteiger partial charge is 0.244 e. The number of halogens is 1. The van der Waals surface area contributed by atoms with Crippen LogP contribution >= 0.6 is 0 Å². The Bertz CT molecular complexity index is 741. The zero-order valence-electron chi connectivity index (χ0n) is 13.4. The molecule has 6 nitrogen and oxygen atoms in total. The third-order valence-electron chi connectivity index (χ3n) is 4.53. The molecule has 1 amide bonds. The number of methoxy groups -OCH3 is 1. The van der Waals surface area contributed by atoms with E-state index >= 15 is 0 Å². The van der Waals surface area contributed by atoms with Crippen LogP contribution in [-0.2, 0) is 16.9 Å². The van der Waals surface area contributed by atoms with Crippen molar-refractivity contribution in [1.29, 1.82) is 0 Å². The number of amides is 1. The molecule has 1 aliphatic heterocycles. The summed E-state index contributed by atoms with van der Waals surface area (Å²) in [6.07, 6.45) is 5.92. The Labute approximate surface area is 139 Å². The quantitative estimate of drug-likeness (QED) is 0.900. The van der Waals surface area contributed by atoms with Gasteiger partial charge in [0, 0.05) is 24.5 Å². The third kappa shape index (κ3) is 2.60. The van der Waals surface area contributed by atoms with Gasteiger partial charge in [-0.25, -0.2) is 4.39 Å². The second-order valence-electron chi connectivity index (χ2n) is 5.77. The van der Waals surface area contributed by atoms with E-state index in [0.717, 1.165) is 6.42 Å². The Hall–Kier alpha value is -2.54. The Morgan fingerprint density at radius 3 is 2.96 bits per heavy atom. The number of aromatic nitrogens is 2. The summed E-state index contributed by atoms with van der Waals surface area (Å²) < 4.78 is 19.5. The van der Waals surface area contributed by atoms with Crippen molar-refractivity contribution in [2.24, 2.45) is 5.73 Å². The molecule has 0 aliphatic carbocycles. The molecule has 24 heavy (non-hydrogen) atoms. The number of ether oxygens (including phenoxy) is 1. The molecule has 1 aromatic carbocycles. The Morgan fingerprint density at radius 2 is 2.29 bits per heavy atom. The molecule has 2 aromatic rings. The van der Waals surface area contributed by atoms with Gasteiger partial charge >= 0.3 is 0 Å². The van der Waals surface area contributed by atoms with Gasteiger partial charge in [-0.3, -0.25) is 19.7 Å². The molecule has 1 aliphatic rings. The van der Waals surface area contributed by atoms with Crippen LogP contribution in [0, 0.1) is 5.82 Å². The maximum atomic E-state index is 14.5. The minimum absolute atomic E-state index is 0.177. The van der Waals surface area contributed by atoms with E-state index < -0.39 is 17.3 Å². The van der Waals surface area contributed by atoms with E-state index in [4.69, 9.17) is 10.5 Å². The molecule has 126 valence electrons. The SMILES string of the molecule is COc1cccc(CN2CCCC2(C(N)=O)c2cnccn2)c1F. The fraction of sp³-hybridized carbons (Fsp3) is 0.353. The predicted octanol–water partition coefficient (Wildman–Crippen LogP) is 1.60. The minimum atomic E-state index is -1.07. The van der Waals surface area contributed by atoms with Crippen LogP contribution in [0.2, 0.25) is 0 Å². The van der Waals surface area contributed by atoms with E-state index in [9.17, 15) is 9.18 Å². The van der Waals surface area contributed by atoms with Crippen LogP contribution in [0.5, 0.6) is 5.75 Å². The lowest BCUT2D eigenvalue weighted by Gasteiger charge is -2.35. The second-order valence-corrected chi connectivity index (χ2v) is 5.77. The predicted molar refractivity (Wildman–Crippen MR) is 85.5 cm³/mol. The van der Waals surface area contributed by atoms with Gasteiger partial charge in [-0.1, -0.05) is 12.1 Å². The molecule has 2 heterocycles. The maximum absolute atomic E-state index is 14.5. The molecule has 1 fully saturated rings. The van der Waals surface area contributed by atoms with Gasteiger partial charge in [0.05, 0.1) is 19.0 Å². The molecule has 1 saturated heterocycles. The average Bonchev–Trinajstić information content (AvgIpc) is 3.02. The number of likely N-dealkylation sites (tertiary alicyclic amines) is 1. The van der Waals surface area contributed by atoms with E-state index in [1.165, 1.54) is 13.3 Å². The summed E-state index contributed by atoms with van der Waals surface area (Å²) in [5.41, 5.74) is 5.62. The number of hydrogen-bond donors (Lipinski definition) is 1. The molecule has 0 radical (unpaired) electrons. The number of benzene rings is 1. The summed E-state index contributed by atoms with van der Waals surface area (Å²) in [6, 6.07) is 4.97. The van der Waals surface area contributed by atoms with Crippen LogP contribution in [0.15, 0.2) is 36.8 Å². The summed E-state index contributed by atoms with van der Waals surface area (Å²) in [5, 5.41) is 0. The first-order valence-corrected chi connectivity index (χ1v) is 7.72. The van der Waals surface area contributed by atoms with Crippen LogP contribution in [0.1, 0.15) is 24.1 Å². The van der Waals surface area contributed by atoms with Gasteiger partial charge in [0.1, 0.15) is 5.54 Å². The highest BCUT2D eigenvalue weighted by molar-refractivity contribution is 5.86. The summed E-state index contributed by atoms with van der Waals surface area (Å²) >= 11 is 0. The Kier molecular flexibility index (Phi) is 4.44. The molecule has 2 N–H and O–H groups in total. The number of carbonyl (C=O) groups is 1. The van der Waals surface area contributed by atoms with E-state index in [0.29, 0.717) is 24.2 Å². The fourth-order valence-electron chi connectivity index (χ4n) is 3.34. The van der Waals surface area contributed by atoms with Crippen LogP contribution in [-0.4, -0.2) is 34.4 Å². The van der Waals surface area contributed by atoms with Crippen LogP contribution in [0.3, 0.4) is 0 Å². The average molecular weight is 330 g/mol. The lowest BCUT2D eigenvalue weighted by atomic mass is 9.90. The van der Waals surface area contributed by atoms with Gasteiger partial charge in [-0.05, 0) is 25.5 Å². The summed E-state index contributed by atoms with van der Waals surface area (Å²) in [7, 11) is 1.42. The standard InChI is InChI=1S/C17H19FN4O2/c1-24-13-5-2-4-12(15(13)18)11-22-9-3-6-17(22,16(19)23)14-10-20-7-8-21-14/h2,4-5,7-8,10H,3,6,9,11H2,1H3,(H2,19,23). The normalized spacial score (nSPS) is 20.9. The zero-order chi connectivity index (χ0) is 17.2. The van der Waals surface area contributed by atoms with Gasteiger partial charge in [0.15, 0.2) is 11.6 Å². The lowest BCUT2D eigenvalue weighted by Crippen LogP contribution is -2.51. The summed E-state index contributed by atoms with van der Waals surface area (Å²) in [6.45, 7) is 0.860. The van der Waals surface area contributed by atoms with Gasteiger partial charge in [0.25, 0.3) is 0 Å². The largest absolute Gasteiger partial charge is 0.494 e. The zero-order valence-corrected chi connectivity index (χ0v) is 13.4. The monoisotopic (exact) mass is 330 g/mol. The highest BCUT2D eigenvalue weighted by Crippen LogP contribution is 2.39. The number of nitrogens with two attached hydrogens (primary N) is 1. The number of rotatable bonds is 5. The second kappa shape index (κ2) is 6.52. The van der Waals surface area contributed by atoms with Crippen molar-refractivity contribution >= 4 is 5.91 Å². The number of nitrogens with zero attached hydrogens (tertiary/aromatic N) is 3. The van der Waals surface area contributed by atoms with Crippen molar-refractivity contribution in [3.05, 3.63) is 53.9 Å². The molecule has 0 bridgehead atoms. The molecule has 1 unspecified atom stereocenters. The highest BCUT2D eigenvalue weighted by atomic mass is 19.1. The summed E-state index contributed by atoms with van der Waals surface area (Å²) in [5.74, 6) is -0.746. The van der Waals surface area contributed by atoms with Crippen LogP contribution < -0.4 is 10.5 Å². The highest BCUT2D eigenvalue weighted by Gasteiger charge is 2.49. The van der Waals surface area contributed by atoms with Crippen molar-refractivity contribution in [3.63, 3.8) is 0 Å². The molecule has 3 rings (SSSR count). The molecule has 0 saturated carbocycles. The third-order valence-corrected chi connectivity index (χ3v) is 4.53. The molecular formula is C17H19FN4O2. The van der Waals surface area contributed by atoms with Gasteiger partial charge in [0.2, 0.25) is 5.91 Å². The van der Waals surface area contributed by atoms with E-state index in [-0.39, 0.29) is 12.3 Å². The van der Waals surface area contributed by atoms with Crippen molar-refractivity contribution < 1.29 is 13.9 Å². The number of primary amides is 1. The van der Waals surface area contributed by atoms with Gasteiger partial charge in [-0.15, -0.1) is 0 Å². The summed E-state index contributed by atoms with van der Waals surface area (Å²) in [4.78, 5) is 22.5. The molecule has 1 aromatic heterocycles. The van der Waals surface area contributed by atoms with Gasteiger partial charge < -0.3 is 10.5 Å². The van der Waals surface area contributed by atoms with Crippen molar-refractivity contribution in [1.82, 2.24) is 14.9 Å². The molecular weight excluding hydrogens is 311 g/mol. The minimum Gasteiger partial charge on any atom is -0.494 e. The number of carbonyl (C=O) groups excluding carboxylic acids is 1. The van der Waals surface area contributed by atoms with Crippen molar-refractivity contribution in [2.75, 3.05) is 13.7 Å². The van der Waals surface area contributed by atoms with Crippen molar-refractivity contribution in [3.8, 4) is 5.75 Å². The topological polar surface area (TPSA) is 81.3 Å². The van der Waals surface area contributed by atoms with E-state index in [1.807, 2.05) is 4.90 Å². The first-order chi connectivity index (χ1) is 11.6. The van der Waals surface area contributed by atoms with E-state index in [1.54, 1.807) is 30.6 Å². The lowest BCUT2D eigenvalue weighted by molar-refractivity contribution is -0.129. The Balaban J connectivity index is 1.99. The Morgan fingerprint density at radius 1 is 1.46 bits per heavy atom. The first kappa shape index (κ1) is 16.3. The molecule has 1 atom stereocenters. The molecule has 7 heteroatoms. The fourth-order valence-corrected chi connectivity index (χ4v) is 3.34. The van der Waals surface area contributed by atoms with Crippen molar-refractivity contribution in [2.45, 2.75) is 24.9 Å². The maximum Gasteiger partial charge on any atom is 0.244 e. The van der Waals surface area contributed by atoms with Gasteiger partial charge in [-0.2, -0.15) is 0 Å². The number of hydrogen-bond acceptors (Lipinski definition) is 5. The molecule has 0 spiro atoms. The van der Waals surface area contributed by atoms with E-state index in [2.05, 4.69) is 9.97 Å². The van der Waals surface area contributed by atoms with Crippen LogP contribution in [0.4, 0.5) is 4.39 Å². The first-order valence-electron chi connectivity index (χ1n) is 7.72. The van der Waals surface area contributed by atoms with Crippen LogP contribution in [0.25, 0.3) is 0 Å².